The average molecular weight is 700 g/mol. The van der Waals surface area contributed by atoms with Gasteiger partial charge in [0.15, 0.2) is 0 Å². The molecule has 2 atom stereocenters. The largest absolute Gasteiger partial charge is 0.480 e. The van der Waals surface area contributed by atoms with E-state index in [4.69, 9.17) is 32.7 Å². The Morgan fingerprint density at radius 2 is 1.12 bits per heavy atom. The minimum atomic E-state index is -0.675. The van der Waals surface area contributed by atoms with Crippen molar-refractivity contribution >= 4 is 35.0 Å². The number of halogens is 4. The SMILES string of the molecule is COc1nc(-c2cc(F)cc(-c3cc(F)cc(-c4cnc(CN[C@@H]5CCC(=O)N5)c(OC)n4)c3Cl)c2Cl)cnc1CN[C@@H]1CCC(=O)N1. The van der Waals surface area contributed by atoms with Gasteiger partial charge < -0.3 is 20.1 Å². The van der Waals surface area contributed by atoms with Gasteiger partial charge in [-0.1, -0.05) is 23.2 Å². The minimum Gasteiger partial charge on any atom is -0.480 e. The average Bonchev–Trinajstić information content (AvgIpc) is 3.71. The van der Waals surface area contributed by atoms with Gasteiger partial charge in [-0.05, 0) is 37.1 Å². The third-order valence-corrected chi connectivity index (χ3v) is 8.76. The molecule has 2 aliphatic heterocycles. The van der Waals surface area contributed by atoms with Gasteiger partial charge in [0.1, 0.15) is 23.0 Å². The van der Waals surface area contributed by atoms with E-state index in [2.05, 4.69) is 41.2 Å². The maximum atomic E-state index is 15.2. The van der Waals surface area contributed by atoms with E-state index in [1.54, 1.807) is 0 Å². The molecular weight excluding hydrogens is 669 g/mol. The van der Waals surface area contributed by atoms with E-state index in [1.807, 2.05) is 0 Å². The number of methoxy groups -OCH3 is 2. The van der Waals surface area contributed by atoms with E-state index in [9.17, 15) is 9.59 Å². The minimum absolute atomic E-state index is 0.0331. The molecule has 0 saturated carbocycles. The first-order valence-corrected chi connectivity index (χ1v) is 15.7. The van der Waals surface area contributed by atoms with Gasteiger partial charge in [0.2, 0.25) is 23.6 Å². The smallest absolute Gasteiger partial charge is 0.237 e. The molecule has 2 aromatic carbocycles. The molecule has 2 fully saturated rings. The van der Waals surface area contributed by atoms with E-state index in [0.717, 1.165) is 12.1 Å². The Hall–Kier alpha value is -4.50. The van der Waals surface area contributed by atoms with Gasteiger partial charge in [-0.25, -0.2) is 18.7 Å². The first kappa shape index (κ1) is 33.4. The zero-order valence-electron chi connectivity index (χ0n) is 25.8. The highest BCUT2D eigenvalue weighted by molar-refractivity contribution is 6.39. The fourth-order valence-corrected chi connectivity index (χ4v) is 6.16. The molecule has 2 amide bonds. The molecule has 6 rings (SSSR count). The maximum Gasteiger partial charge on any atom is 0.237 e. The van der Waals surface area contributed by atoms with Crippen molar-refractivity contribution in [2.24, 2.45) is 0 Å². The lowest BCUT2D eigenvalue weighted by atomic mass is 9.98. The summed E-state index contributed by atoms with van der Waals surface area (Å²) in [6.07, 6.45) is 4.62. The summed E-state index contributed by atoms with van der Waals surface area (Å²) < 4.78 is 41.3. The Morgan fingerprint density at radius 3 is 1.48 bits per heavy atom. The van der Waals surface area contributed by atoms with E-state index >= 15 is 8.78 Å². The summed E-state index contributed by atoms with van der Waals surface area (Å²) in [4.78, 5) is 40.9. The highest BCUT2D eigenvalue weighted by atomic mass is 35.5. The summed E-state index contributed by atoms with van der Waals surface area (Å²) in [5, 5.41) is 12.1. The number of aromatic nitrogens is 4. The maximum absolute atomic E-state index is 15.2. The lowest BCUT2D eigenvalue weighted by Gasteiger charge is -2.16. The summed E-state index contributed by atoms with van der Waals surface area (Å²) in [6, 6.07) is 4.68. The summed E-state index contributed by atoms with van der Waals surface area (Å²) in [5.74, 6) is -1.06. The second-order valence-electron chi connectivity index (χ2n) is 11.1. The standard InChI is InChI=1S/C32H30Cl2F2N8O4/c1-47-31-23(13-39-25-3-5-27(45)43-25)37-11-21(41-31)19-9-15(35)7-17(29(19)33)18-8-16(36)10-20(30(18)34)22-12-38-24(32(42-22)48-2)14-40-26-4-6-28(46)44-26/h7-12,25-26,39-40H,3-6,13-14H2,1-2H3,(H,43,45)(H,44,46)/t25-,26-/m0/s1. The van der Waals surface area contributed by atoms with Crippen molar-refractivity contribution in [3.8, 4) is 45.4 Å². The van der Waals surface area contributed by atoms with Crippen LogP contribution in [0, 0.1) is 11.6 Å². The number of carbonyl (C=O) groups is 2. The Morgan fingerprint density at radius 1 is 0.729 bits per heavy atom. The summed E-state index contributed by atoms with van der Waals surface area (Å²) in [5.41, 5.74) is 1.94. The topological polar surface area (TPSA) is 152 Å². The van der Waals surface area contributed by atoms with Crippen molar-refractivity contribution in [2.75, 3.05) is 14.2 Å². The van der Waals surface area contributed by atoms with Crippen LogP contribution in [0.3, 0.4) is 0 Å². The van der Waals surface area contributed by atoms with Crippen molar-refractivity contribution in [3.63, 3.8) is 0 Å². The quantitative estimate of drug-likeness (QED) is 0.176. The van der Waals surface area contributed by atoms with Crippen LogP contribution in [0.2, 0.25) is 10.0 Å². The number of rotatable bonds is 11. The molecule has 0 bridgehead atoms. The molecule has 48 heavy (non-hydrogen) atoms. The van der Waals surface area contributed by atoms with Gasteiger partial charge in [-0.3, -0.25) is 30.2 Å². The molecule has 0 radical (unpaired) electrons. The van der Waals surface area contributed by atoms with Crippen molar-refractivity contribution < 1.29 is 27.8 Å². The van der Waals surface area contributed by atoms with Crippen LogP contribution < -0.4 is 30.7 Å². The van der Waals surface area contributed by atoms with E-state index in [-0.39, 0.29) is 92.7 Å². The van der Waals surface area contributed by atoms with Crippen LogP contribution in [0.5, 0.6) is 11.8 Å². The molecular formula is C32H30Cl2F2N8O4. The molecule has 0 spiro atoms. The van der Waals surface area contributed by atoms with Crippen LogP contribution in [0.1, 0.15) is 37.1 Å². The van der Waals surface area contributed by atoms with E-state index in [1.165, 1.54) is 38.7 Å². The number of ether oxygens (including phenoxy) is 2. The zero-order chi connectivity index (χ0) is 33.9. The lowest BCUT2D eigenvalue weighted by Crippen LogP contribution is -2.38. The molecule has 16 heteroatoms. The molecule has 0 unspecified atom stereocenters. The van der Waals surface area contributed by atoms with Crippen LogP contribution in [0.4, 0.5) is 8.78 Å². The molecule has 2 aromatic heterocycles. The number of benzene rings is 2. The predicted octanol–water partition coefficient (Wildman–Crippen LogP) is 4.52. The van der Waals surface area contributed by atoms with Crippen molar-refractivity contribution in [3.05, 3.63) is 69.7 Å². The molecule has 4 heterocycles. The molecule has 0 aliphatic carbocycles. The molecule has 4 N–H and O–H groups in total. The second-order valence-corrected chi connectivity index (χ2v) is 11.9. The Kier molecular flexibility index (Phi) is 9.96. The molecule has 2 aliphatic rings. The first-order chi connectivity index (χ1) is 23.1. The fraction of sp³-hybridized carbons (Fsp3) is 0.312. The third-order valence-electron chi connectivity index (χ3n) is 7.95. The van der Waals surface area contributed by atoms with Gasteiger partial charge in [0.05, 0.1) is 60.4 Å². The van der Waals surface area contributed by atoms with Crippen LogP contribution in [0.25, 0.3) is 33.6 Å². The number of hydrogen-bond donors (Lipinski definition) is 4. The fourth-order valence-electron chi connectivity index (χ4n) is 5.54. The van der Waals surface area contributed by atoms with Gasteiger partial charge in [-0.15, -0.1) is 0 Å². The molecule has 4 aromatic rings. The summed E-state index contributed by atoms with van der Waals surface area (Å²) in [7, 11) is 2.86. The number of nitrogens with zero attached hydrogens (tertiary/aromatic N) is 4. The van der Waals surface area contributed by atoms with Crippen molar-refractivity contribution in [1.82, 2.24) is 41.2 Å². The molecule has 2 saturated heterocycles. The van der Waals surface area contributed by atoms with Crippen LogP contribution in [-0.2, 0) is 22.7 Å². The lowest BCUT2D eigenvalue weighted by molar-refractivity contribution is -0.120. The summed E-state index contributed by atoms with van der Waals surface area (Å²) >= 11 is 13.7. The van der Waals surface area contributed by atoms with Crippen LogP contribution in [-0.4, -0.2) is 58.3 Å². The van der Waals surface area contributed by atoms with Gasteiger partial charge >= 0.3 is 0 Å². The van der Waals surface area contributed by atoms with Crippen LogP contribution >= 0.6 is 23.2 Å². The number of carbonyl (C=O) groups excluding carboxylic acids is 2. The Labute approximate surface area is 284 Å². The van der Waals surface area contributed by atoms with Gasteiger partial charge in [-0.2, -0.15) is 0 Å². The highest BCUT2D eigenvalue weighted by Crippen LogP contribution is 2.43. The van der Waals surface area contributed by atoms with Crippen molar-refractivity contribution in [1.29, 1.82) is 0 Å². The zero-order valence-corrected chi connectivity index (χ0v) is 27.3. The van der Waals surface area contributed by atoms with E-state index < -0.39 is 11.6 Å². The Balaban J connectivity index is 1.30. The first-order valence-electron chi connectivity index (χ1n) is 15.0. The second kappa shape index (κ2) is 14.3. The number of nitrogens with one attached hydrogen (secondary N) is 4. The highest BCUT2D eigenvalue weighted by Gasteiger charge is 2.24. The molecule has 12 nitrogen and oxygen atoms in total. The predicted molar refractivity (Wildman–Crippen MR) is 173 cm³/mol. The van der Waals surface area contributed by atoms with E-state index in [0.29, 0.717) is 37.1 Å². The Bertz CT molecular complexity index is 1760. The van der Waals surface area contributed by atoms with Gasteiger partial charge in [0.25, 0.3) is 0 Å². The van der Waals surface area contributed by atoms with Crippen LogP contribution in [0.15, 0.2) is 36.7 Å². The molecule has 250 valence electrons. The van der Waals surface area contributed by atoms with Gasteiger partial charge in [0, 0.05) is 48.2 Å². The summed E-state index contributed by atoms with van der Waals surface area (Å²) in [6.45, 7) is 0.518. The third kappa shape index (κ3) is 7.16. The normalized spacial score (nSPS) is 17.4. The van der Waals surface area contributed by atoms with Crippen molar-refractivity contribution in [2.45, 2.75) is 51.1 Å². The number of amides is 2. The monoisotopic (exact) mass is 698 g/mol. The number of hydrogen-bond acceptors (Lipinski definition) is 10.